The molecule has 0 spiro atoms. The van der Waals surface area contributed by atoms with Gasteiger partial charge < -0.3 is 10.4 Å². The summed E-state index contributed by atoms with van der Waals surface area (Å²) >= 11 is 0. The molecular formula is C11H21N3O. The number of aliphatic hydroxyl groups excluding tert-OH is 1. The molecule has 4 heteroatoms. The van der Waals surface area contributed by atoms with Crippen molar-refractivity contribution in [2.24, 2.45) is 5.41 Å². The molecule has 0 aliphatic rings. The number of aromatic nitrogens is 2. The Bertz CT molecular complexity index is 307. The van der Waals surface area contributed by atoms with Gasteiger partial charge in [-0.05, 0) is 13.8 Å². The number of rotatable bonds is 5. The Morgan fingerprint density at radius 2 is 2.27 bits per heavy atom. The van der Waals surface area contributed by atoms with Gasteiger partial charge in [0.1, 0.15) is 0 Å². The lowest BCUT2D eigenvalue weighted by Crippen LogP contribution is -2.33. The van der Waals surface area contributed by atoms with E-state index in [0.29, 0.717) is 0 Å². The average Bonchev–Trinajstić information content (AvgIpc) is 2.61. The third kappa shape index (κ3) is 3.32. The SMILES string of the molecule is Cc1[nH]ncc1C(C)NCC(C)(C)CO. The molecule has 1 unspecified atom stereocenters. The van der Waals surface area contributed by atoms with Crippen molar-refractivity contribution in [3.8, 4) is 0 Å². The van der Waals surface area contributed by atoms with Crippen molar-refractivity contribution >= 4 is 0 Å². The Kier molecular flexibility index (Phi) is 3.88. The van der Waals surface area contributed by atoms with Gasteiger partial charge in [0.2, 0.25) is 0 Å². The van der Waals surface area contributed by atoms with Crippen LogP contribution < -0.4 is 5.32 Å². The molecule has 0 aromatic carbocycles. The fourth-order valence-electron chi connectivity index (χ4n) is 1.39. The van der Waals surface area contributed by atoms with Gasteiger partial charge in [-0.1, -0.05) is 13.8 Å². The highest BCUT2D eigenvalue weighted by molar-refractivity contribution is 5.18. The summed E-state index contributed by atoms with van der Waals surface area (Å²) in [6, 6.07) is 0.259. The second kappa shape index (κ2) is 4.77. The minimum atomic E-state index is -0.0775. The van der Waals surface area contributed by atoms with Crippen LogP contribution in [0.15, 0.2) is 6.20 Å². The Labute approximate surface area is 91.1 Å². The molecule has 86 valence electrons. The molecule has 0 aliphatic carbocycles. The van der Waals surface area contributed by atoms with Crippen molar-refractivity contribution in [2.45, 2.75) is 33.7 Å². The molecular weight excluding hydrogens is 190 g/mol. The predicted molar refractivity (Wildman–Crippen MR) is 60.6 cm³/mol. The smallest absolute Gasteiger partial charge is 0.0537 e. The molecule has 0 amide bonds. The van der Waals surface area contributed by atoms with E-state index in [1.165, 1.54) is 5.56 Å². The third-order valence-electron chi connectivity index (χ3n) is 2.65. The molecule has 0 fully saturated rings. The zero-order valence-electron chi connectivity index (χ0n) is 9.96. The molecule has 0 saturated carbocycles. The van der Waals surface area contributed by atoms with Gasteiger partial charge in [-0.3, -0.25) is 5.10 Å². The van der Waals surface area contributed by atoms with Crippen LogP contribution in [0.25, 0.3) is 0 Å². The number of nitrogens with zero attached hydrogens (tertiary/aromatic N) is 1. The quantitative estimate of drug-likeness (QED) is 0.689. The summed E-state index contributed by atoms with van der Waals surface area (Å²) in [7, 11) is 0. The van der Waals surface area contributed by atoms with Crippen LogP contribution in [0.5, 0.6) is 0 Å². The molecule has 1 aromatic heterocycles. The summed E-state index contributed by atoms with van der Waals surface area (Å²) in [6.45, 7) is 9.17. The normalized spacial score (nSPS) is 14.2. The van der Waals surface area contributed by atoms with Gasteiger partial charge in [-0.15, -0.1) is 0 Å². The largest absolute Gasteiger partial charge is 0.396 e. The van der Waals surface area contributed by atoms with Crippen LogP contribution in [0, 0.1) is 12.3 Å². The highest BCUT2D eigenvalue weighted by Gasteiger charge is 2.18. The highest BCUT2D eigenvalue weighted by atomic mass is 16.3. The monoisotopic (exact) mass is 211 g/mol. The zero-order valence-corrected chi connectivity index (χ0v) is 9.96. The standard InChI is InChI=1S/C11H21N3O/c1-8(10-5-13-14-9(10)2)12-6-11(3,4)7-15/h5,8,12,15H,6-7H2,1-4H3,(H,13,14). The second-order valence-corrected chi connectivity index (χ2v) is 4.88. The van der Waals surface area contributed by atoms with E-state index in [1.54, 1.807) is 0 Å². The third-order valence-corrected chi connectivity index (χ3v) is 2.65. The van der Waals surface area contributed by atoms with E-state index >= 15 is 0 Å². The van der Waals surface area contributed by atoms with Crippen LogP contribution in [-0.2, 0) is 0 Å². The fourth-order valence-corrected chi connectivity index (χ4v) is 1.39. The summed E-state index contributed by atoms with van der Waals surface area (Å²) in [4.78, 5) is 0. The number of hydrogen-bond donors (Lipinski definition) is 3. The molecule has 1 aromatic rings. The number of aromatic amines is 1. The van der Waals surface area contributed by atoms with Crippen molar-refractivity contribution in [3.63, 3.8) is 0 Å². The minimum absolute atomic E-state index is 0.0775. The van der Waals surface area contributed by atoms with Crippen molar-refractivity contribution in [2.75, 3.05) is 13.2 Å². The van der Waals surface area contributed by atoms with E-state index in [4.69, 9.17) is 5.11 Å². The van der Waals surface area contributed by atoms with E-state index in [0.717, 1.165) is 12.2 Å². The molecule has 0 saturated heterocycles. The lowest BCUT2D eigenvalue weighted by atomic mass is 9.94. The topological polar surface area (TPSA) is 60.9 Å². The lowest BCUT2D eigenvalue weighted by Gasteiger charge is -2.24. The highest BCUT2D eigenvalue weighted by Crippen LogP contribution is 2.17. The van der Waals surface area contributed by atoms with Gasteiger partial charge in [0.15, 0.2) is 0 Å². The van der Waals surface area contributed by atoms with Gasteiger partial charge in [0.05, 0.1) is 6.20 Å². The maximum Gasteiger partial charge on any atom is 0.0537 e. The van der Waals surface area contributed by atoms with Crippen LogP contribution in [0.1, 0.15) is 38.1 Å². The van der Waals surface area contributed by atoms with Gasteiger partial charge in [-0.25, -0.2) is 0 Å². The first-order chi connectivity index (χ1) is 6.96. The van der Waals surface area contributed by atoms with Gasteiger partial charge in [0.25, 0.3) is 0 Å². The number of aliphatic hydroxyl groups is 1. The summed E-state index contributed by atoms with van der Waals surface area (Å²) in [5, 5.41) is 19.4. The zero-order chi connectivity index (χ0) is 11.5. The molecule has 4 nitrogen and oxygen atoms in total. The van der Waals surface area contributed by atoms with E-state index in [1.807, 2.05) is 27.0 Å². The van der Waals surface area contributed by atoms with Crippen LogP contribution in [0.4, 0.5) is 0 Å². The summed E-state index contributed by atoms with van der Waals surface area (Å²) < 4.78 is 0. The van der Waals surface area contributed by atoms with Gasteiger partial charge >= 0.3 is 0 Å². The summed E-state index contributed by atoms with van der Waals surface area (Å²) in [6.07, 6.45) is 1.85. The first kappa shape index (κ1) is 12.2. The number of H-pyrrole nitrogens is 1. The maximum absolute atomic E-state index is 9.13. The van der Waals surface area contributed by atoms with Crippen LogP contribution in [0.3, 0.4) is 0 Å². The van der Waals surface area contributed by atoms with Crippen LogP contribution >= 0.6 is 0 Å². The van der Waals surface area contributed by atoms with Crippen molar-refractivity contribution < 1.29 is 5.11 Å². The van der Waals surface area contributed by atoms with Crippen molar-refractivity contribution in [3.05, 3.63) is 17.5 Å². The lowest BCUT2D eigenvalue weighted by molar-refractivity contribution is 0.154. The first-order valence-corrected chi connectivity index (χ1v) is 5.30. The number of aryl methyl sites for hydroxylation is 1. The van der Waals surface area contributed by atoms with Crippen molar-refractivity contribution in [1.82, 2.24) is 15.5 Å². The van der Waals surface area contributed by atoms with E-state index in [9.17, 15) is 0 Å². The Morgan fingerprint density at radius 1 is 1.60 bits per heavy atom. The molecule has 1 atom stereocenters. The molecule has 0 bridgehead atoms. The summed E-state index contributed by atoms with van der Waals surface area (Å²) in [5.41, 5.74) is 2.20. The first-order valence-electron chi connectivity index (χ1n) is 5.30. The summed E-state index contributed by atoms with van der Waals surface area (Å²) in [5.74, 6) is 0. The van der Waals surface area contributed by atoms with Crippen molar-refractivity contribution in [1.29, 1.82) is 0 Å². The van der Waals surface area contributed by atoms with Gasteiger partial charge in [0, 0.05) is 35.9 Å². The number of nitrogens with one attached hydrogen (secondary N) is 2. The minimum Gasteiger partial charge on any atom is -0.396 e. The fraction of sp³-hybridized carbons (Fsp3) is 0.727. The second-order valence-electron chi connectivity index (χ2n) is 4.88. The molecule has 1 rings (SSSR count). The molecule has 3 N–H and O–H groups in total. The van der Waals surface area contributed by atoms with E-state index in [-0.39, 0.29) is 18.1 Å². The number of hydrogen-bond acceptors (Lipinski definition) is 3. The van der Waals surface area contributed by atoms with E-state index in [2.05, 4.69) is 22.4 Å². The van der Waals surface area contributed by atoms with Crippen LogP contribution in [-0.4, -0.2) is 28.5 Å². The predicted octanol–water partition coefficient (Wildman–Crippen LogP) is 1.39. The molecule has 0 aliphatic heterocycles. The maximum atomic E-state index is 9.13. The molecule has 1 heterocycles. The van der Waals surface area contributed by atoms with Gasteiger partial charge in [-0.2, -0.15) is 5.10 Å². The Balaban J connectivity index is 2.50. The molecule has 15 heavy (non-hydrogen) atoms. The van der Waals surface area contributed by atoms with E-state index < -0.39 is 0 Å². The van der Waals surface area contributed by atoms with Crippen LogP contribution in [0.2, 0.25) is 0 Å². The Morgan fingerprint density at radius 3 is 2.73 bits per heavy atom. The Hall–Kier alpha value is -0.870. The average molecular weight is 211 g/mol. The molecule has 0 radical (unpaired) electrons.